The predicted molar refractivity (Wildman–Crippen MR) is 236 cm³/mol. The van der Waals surface area contributed by atoms with E-state index in [1.54, 1.807) is 0 Å². The van der Waals surface area contributed by atoms with Crippen LogP contribution in [0.3, 0.4) is 0 Å². The van der Waals surface area contributed by atoms with Gasteiger partial charge < -0.3 is 25.2 Å². The summed E-state index contributed by atoms with van der Waals surface area (Å²) in [5, 5.41) is 8.90. The Labute approximate surface area is 354 Å². The number of phosphoric acid groups is 1. The number of nitrogens with two attached hydrogens (primary N) is 1. The van der Waals surface area contributed by atoms with E-state index in [0.29, 0.717) is 12.8 Å². The zero-order valence-electron chi connectivity index (χ0n) is 37.2. The van der Waals surface area contributed by atoms with Crippen molar-refractivity contribution >= 4 is 25.7 Å². The van der Waals surface area contributed by atoms with E-state index < -0.39 is 51.1 Å². The highest BCUT2D eigenvalue weighted by Gasteiger charge is 2.28. The summed E-state index contributed by atoms with van der Waals surface area (Å²) in [6.07, 6.45) is 42.7. The molecule has 0 fully saturated rings. The zero-order valence-corrected chi connectivity index (χ0v) is 38.1. The number of carboxylic acids is 1. The fourth-order valence-electron chi connectivity index (χ4n) is 6.77. The molecule has 0 amide bonds. The van der Waals surface area contributed by atoms with Crippen molar-refractivity contribution in [2.24, 2.45) is 5.73 Å². The molecular weight excluding hydrogens is 757 g/mol. The third-order valence-electron chi connectivity index (χ3n) is 10.5. The van der Waals surface area contributed by atoms with E-state index >= 15 is 0 Å². The predicted octanol–water partition coefficient (Wildman–Crippen LogP) is 12.8. The molecule has 12 heteroatoms. The second-order valence-electron chi connectivity index (χ2n) is 16.2. The SMILES string of the molecule is CCCCCCCC/C=C\CCCCCCCCCCCCCC(=O)O[C@H](COC(=O)CCCCCCCCCCCCCCC)COP(=O)(O)OC[C@H](N)C(=O)O. The van der Waals surface area contributed by atoms with Crippen LogP contribution in [0, 0.1) is 0 Å². The molecule has 11 nitrogen and oxygen atoms in total. The molecule has 0 saturated heterocycles. The molecule has 0 aliphatic carbocycles. The van der Waals surface area contributed by atoms with Crippen molar-refractivity contribution in [3.8, 4) is 0 Å². The standard InChI is InChI=1S/C46H88NO10P/c1-3-5-7-9-11-13-15-17-18-19-20-21-22-23-24-26-28-30-32-34-36-38-45(49)57-42(40-55-58(52,53)56-41-43(47)46(50)51)39-54-44(48)37-35-33-31-29-27-25-16-14-12-10-8-6-4-2/h17-18,42-43H,3-16,19-41,47H2,1-2H3,(H,50,51)(H,52,53)/b18-17-/t42-,43+/m1/s1. The third-order valence-corrected chi connectivity index (χ3v) is 11.5. The summed E-state index contributed by atoms with van der Waals surface area (Å²) in [6.45, 7) is 2.83. The van der Waals surface area contributed by atoms with Crippen LogP contribution < -0.4 is 5.73 Å². The van der Waals surface area contributed by atoms with Gasteiger partial charge in [0.2, 0.25) is 0 Å². The van der Waals surface area contributed by atoms with Gasteiger partial charge in [-0.3, -0.25) is 23.4 Å². The zero-order chi connectivity index (χ0) is 42.8. The Morgan fingerprint density at radius 3 is 1.26 bits per heavy atom. The Kier molecular flexibility index (Phi) is 40.6. The van der Waals surface area contributed by atoms with Crippen molar-refractivity contribution in [3.63, 3.8) is 0 Å². The summed E-state index contributed by atoms with van der Waals surface area (Å²) in [7, 11) is -4.71. The van der Waals surface area contributed by atoms with Crippen LogP contribution in [0.15, 0.2) is 12.2 Å². The largest absolute Gasteiger partial charge is 0.480 e. The number of carboxylic acid groups (broad SMARTS) is 1. The van der Waals surface area contributed by atoms with E-state index in [9.17, 15) is 23.8 Å². The second kappa shape index (κ2) is 41.9. The van der Waals surface area contributed by atoms with E-state index in [1.165, 1.54) is 154 Å². The second-order valence-corrected chi connectivity index (χ2v) is 17.7. The molecule has 0 aromatic heterocycles. The summed E-state index contributed by atoms with van der Waals surface area (Å²) in [5.41, 5.74) is 5.34. The summed E-state index contributed by atoms with van der Waals surface area (Å²) in [4.78, 5) is 46.0. The van der Waals surface area contributed by atoms with E-state index in [4.69, 9.17) is 24.8 Å². The van der Waals surface area contributed by atoms with Crippen LogP contribution in [-0.4, -0.2) is 59.9 Å². The van der Waals surface area contributed by atoms with E-state index in [2.05, 4.69) is 30.5 Å². The molecule has 1 unspecified atom stereocenters. The van der Waals surface area contributed by atoms with Crippen molar-refractivity contribution in [1.29, 1.82) is 0 Å². The quantitative estimate of drug-likeness (QED) is 0.0230. The van der Waals surface area contributed by atoms with Crippen LogP contribution in [0.25, 0.3) is 0 Å². The van der Waals surface area contributed by atoms with Crippen LogP contribution in [-0.2, 0) is 37.5 Å². The van der Waals surface area contributed by atoms with Gasteiger partial charge in [-0.05, 0) is 38.5 Å². The van der Waals surface area contributed by atoms with Gasteiger partial charge >= 0.3 is 25.7 Å². The third kappa shape index (κ3) is 41.0. The first-order chi connectivity index (χ1) is 28.1. The maximum Gasteiger partial charge on any atom is 0.472 e. The number of aliphatic carboxylic acids is 1. The van der Waals surface area contributed by atoms with Gasteiger partial charge in [-0.2, -0.15) is 0 Å². The van der Waals surface area contributed by atoms with Crippen molar-refractivity contribution in [2.75, 3.05) is 19.8 Å². The summed E-state index contributed by atoms with van der Waals surface area (Å²) >= 11 is 0. The van der Waals surface area contributed by atoms with Gasteiger partial charge in [0.1, 0.15) is 12.6 Å². The first-order valence-electron chi connectivity index (χ1n) is 23.7. The minimum absolute atomic E-state index is 0.165. The molecule has 0 aromatic carbocycles. The molecule has 4 N–H and O–H groups in total. The number of hydrogen-bond donors (Lipinski definition) is 3. The molecule has 0 saturated carbocycles. The maximum absolute atomic E-state index is 12.7. The molecule has 0 rings (SSSR count). The topological polar surface area (TPSA) is 172 Å². The number of unbranched alkanes of at least 4 members (excludes halogenated alkanes) is 29. The van der Waals surface area contributed by atoms with Gasteiger partial charge in [-0.25, -0.2) is 4.57 Å². The Bertz CT molecular complexity index is 1040. The molecule has 342 valence electrons. The fraction of sp³-hybridized carbons (Fsp3) is 0.891. The monoisotopic (exact) mass is 846 g/mol. The van der Waals surface area contributed by atoms with Gasteiger partial charge in [0.25, 0.3) is 0 Å². The number of phosphoric ester groups is 1. The number of carbonyl (C=O) groups excluding carboxylic acids is 2. The Hall–Kier alpha value is -1.78. The Balaban J connectivity index is 4.24. The van der Waals surface area contributed by atoms with Crippen molar-refractivity contribution < 1.29 is 47.5 Å². The summed E-state index contributed by atoms with van der Waals surface area (Å²) < 4.78 is 32.8. The van der Waals surface area contributed by atoms with Crippen molar-refractivity contribution in [1.82, 2.24) is 0 Å². The lowest BCUT2D eigenvalue weighted by Crippen LogP contribution is -2.34. The first-order valence-corrected chi connectivity index (χ1v) is 25.2. The van der Waals surface area contributed by atoms with Gasteiger partial charge in [0, 0.05) is 12.8 Å². The molecular formula is C46H88NO10P. The lowest BCUT2D eigenvalue weighted by atomic mass is 10.0. The number of ether oxygens (including phenoxy) is 2. The molecule has 58 heavy (non-hydrogen) atoms. The fourth-order valence-corrected chi connectivity index (χ4v) is 7.55. The van der Waals surface area contributed by atoms with E-state index in [-0.39, 0.29) is 19.4 Å². The minimum atomic E-state index is -4.71. The average Bonchev–Trinajstić information content (AvgIpc) is 3.20. The molecule has 3 atom stereocenters. The van der Waals surface area contributed by atoms with Crippen LogP contribution in [0.2, 0.25) is 0 Å². The summed E-state index contributed by atoms with van der Waals surface area (Å²) in [5.74, 6) is -2.36. The van der Waals surface area contributed by atoms with E-state index in [0.717, 1.165) is 38.5 Å². The smallest absolute Gasteiger partial charge is 0.472 e. The van der Waals surface area contributed by atoms with Crippen LogP contribution in [0.5, 0.6) is 0 Å². The van der Waals surface area contributed by atoms with E-state index in [1.807, 2.05) is 0 Å². The number of carbonyl (C=O) groups is 3. The highest BCUT2D eigenvalue weighted by molar-refractivity contribution is 7.47. The van der Waals surface area contributed by atoms with Gasteiger partial charge in [0.05, 0.1) is 13.2 Å². The maximum atomic E-state index is 12.7. The molecule has 0 aromatic rings. The molecule has 0 aliphatic rings. The number of allylic oxidation sites excluding steroid dienone is 2. The number of rotatable bonds is 45. The molecule has 0 bridgehead atoms. The number of hydrogen-bond acceptors (Lipinski definition) is 9. The lowest BCUT2D eigenvalue weighted by Gasteiger charge is -2.20. The lowest BCUT2D eigenvalue weighted by molar-refractivity contribution is -0.161. The Morgan fingerprint density at radius 1 is 0.517 bits per heavy atom. The highest BCUT2D eigenvalue weighted by atomic mass is 31.2. The van der Waals surface area contributed by atoms with Gasteiger partial charge in [-0.1, -0.05) is 193 Å². The highest BCUT2D eigenvalue weighted by Crippen LogP contribution is 2.43. The minimum Gasteiger partial charge on any atom is -0.480 e. The average molecular weight is 846 g/mol. The van der Waals surface area contributed by atoms with Gasteiger partial charge in [-0.15, -0.1) is 0 Å². The van der Waals surface area contributed by atoms with Crippen molar-refractivity contribution in [2.45, 2.75) is 244 Å². The Morgan fingerprint density at radius 2 is 0.862 bits per heavy atom. The summed E-state index contributed by atoms with van der Waals surface area (Å²) in [6, 6.07) is -1.52. The first kappa shape index (κ1) is 56.2. The molecule has 0 radical (unpaired) electrons. The van der Waals surface area contributed by atoms with Crippen LogP contribution in [0.1, 0.15) is 232 Å². The normalized spacial score (nSPS) is 13.7. The number of esters is 2. The molecule has 0 spiro atoms. The molecule has 0 heterocycles. The van der Waals surface area contributed by atoms with Gasteiger partial charge in [0.15, 0.2) is 6.10 Å². The molecule has 0 aliphatic heterocycles. The van der Waals surface area contributed by atoms with Crippen LogP contribution in [0.4, 0.5) is 0 Å². The van der Waals surface area contributed by atoms with Crippen molar-refractivity contribution in [3.05, 3.63) is 12.2 Å². The van der Waals surface area contributed by atoms with Crippen LogP contribution >= 0.6 is 7.82 Å².